The number of pyridine rings is 1. The van der Waals surface area contributed by atoms with Gasteiger partial charge in [-0.15, -0.1) is 0 Å². The number of aromatic nitrogens is 1. The predicted octanol–water partition coefficient (Wildman–Crippen LogP) is 3.13. The molecule has 0 bridgehead atoms. The van der Waals surface area contributed by atoms with E-state index < -0.39 is 6.43 Å². The van der Waals surface area contributed by atoms with Crippen LogP contribution in [0.1, 0.15) is 12.0 Å². The summed E-state index contributed by atoms with van der Waals surface area (Å²) in [4.78, 5) is 3.58. The zero-order chi connectivity index (χ0) is 9.30. The van der Waals surface area contributed by atoms with E-state index in [9.17, 15) is 8.78 Å². The van der Waals surface area contributed by atoms with Crippen molar-refractivity contribution in [3.63, 3.8) is 0 Å². The SMILES string of the molecule is Nc1ncc(Br)c(Br)c1C(F)F. The Morgan fingerprint density at radius 1 is 1.42 bits per heavy atom. The molecule has 1 aromatic rings. The number of halogens is 4. The molecule has 1 aromatic heterocycles. The zero-order valence-electron chi connectivity index (χ0n) is 5.69. The quantitative estimate of drug-likeness (QED) is 0.865. The number of rotatable bonds is 1. The van der Waals surface area contributed by atoms with Crippen LogP contribution in [0, 0.1) is 0 Å². The Morgan fingerprint density at radius 3 is 2.42 bits per heavy atom. The molecular formula is C6H4Br2F2N2. The minimum atomic E-state index is -2.62. The van der Waals surface area contributed by atoms with Crippen LogP contribution in [0.2, 0.25) is 0 Å². The first-order chi connectivity index (χ1) is 5.54. The van der Waals surface area contributed by atoms with Gasteiger partial charge in [-0.1, -0.05) is 0 Å². The predicted molar refractivity (Wildman–Crippen MR) is 49.0 cm³/mol. The molecule has 0 radical (unpaired) electrons. The molecule has 0 saturated carbocycles. The van der Waals surface area contributed by atoms with Crippen LogP contribution in [0.4, 0.5) is 14.6 Å². The number of nitrogens with two attached hydrogens (primary N) is 1. The maximum atomic E-state index is 12.3. The van der Waals surface area contributed by atoms with Crippen molar-refractivity contribution in [3.05, 3.63) is 20.7 Å². The Labute approximate surface area is 84.4 Å². The Morgan fingerprint density at radius 2 is 2.00 bits per heavy atom. The van der Waals surface area contributed by atoms with Crippen molar-refractivity contribution in [1.82, 2.24) is 4.98 Å². The smallest absolute Gasteiger partial charge is 0.268 e. The Hall–Kier alpha value is -0.230. The first kappa shape index (κ1) is 9.85. The molecule has 0 aliphatic rings. The fraction of sp³-hybridized carbons (Fsp3) is 0.167. The Balaban J connectivity index is 3.33. The van der Waals surface area contributed by atoms with E-state index in [1.54, 1.807) is 0 Å². The van der Waals surface area contributed by atoms with Crippen molar-refractivity contribution in [2.24, 2.45) is 0 Å². The fourth-order valence-corrected chi connectivity index (χ4v) is 1.50. The lowest BCUT2D eigenvalue weighted by molar-refractivity contribution is 0.151. The summed E-state index contributed by atoms with van der Waals surface area (Å²) in [6.07, 6.45) is -1.25. The molecule has 0 fully saturated rings. The van der Waals surface area contributed by atoms with E-state index in [1.807, 2.05) is 0 Å². The average molecular weight is 302 g/mol. The Bertz CT molecular complexity index is 304. The zero-order valence-corrected chi connectivity index (χ0v) is 8.86. The van der Waals surface area contributed by atoms with Crippen molar-refractivity contribution >= 4 is 37.7 Å². The molecule has 66 valence electrons. The van der Waals surface area contributed by atoms with E-state index in [1.165, 1.54) is 6.20 Å². The summed E-state index contributed by atoms with van der Waals surface area (Å²) in [5.41, 5.74) is 4.98. The number of nitrogens with zero attached hydrogens (tertiary/aromatic N) is 1. The van der Waals surface area contributed by atoms with Gasteiger partial charge < -0.3 is 5.73 Å². The lowest BCUT2D eigenvalue weighted by atomic mass is 10.3. The summed E-state index contributed by atoms with van der Waals surface area (Å²) in [7, 11) is 0. The number of nitrogen functional groups attached to an aromatic ring is 1. The van der Waals surface area contributed by atoms with E-state index in [-0.39, 0.29) is 15.9 Å². The summed E-state index contributed by atoms with van der Waals surface area (Å²) >= 11 is 6.03. The fourth-order valence-electron chi connectivity index (χ4n) is 0.701. The van der Waals surface area contributed by atoms with Gasteiger partial charge in [0, 0.05) is 10.7 Å². The van der Waals surface area contributed by atoms with E-state index in [2.05, 4.69) is 36.8 Å². The van der Waals surface area contributed by atoms with Gasteiger partial charge in [0.15, 0.2) is 0 Å². The molecule has 2 nitrogen and oxygen atoms in total. The minimum absolute atomic E-state index is 0.153. The number of anilines is 1. The standard InChI is InChI=1S/C6H4Br2F2N2/c7-2-1-12-6(11)3(4(2)8)5(9)10/h1,5H,(H2,11,12). The number of hydrogen-bond donors (Lipinski definition) is 1. The lowest BCUT2D eigenvalue weighted by Crippen LogP contribution is -1.99. The molecule has 0 spiro atoms. The summed E-state index contributed by atoms with van der Waals surface area (Å²) in [5, 5.41) is 0. The van der Waals surface area contributed by atoms with Crippen LogP contribution in [0.5, 0.6) is 0 Å². The van der Waals surface area contributed by atoms with Crippen LogP contribution in [0.25, 0.3) is 0 Å². The monoisotopic (exact) mass is 300 g/mol. The van der Waals surface area contributed by atoms with Crippen LogP contribution in [0.3, 0.4) is 0 Å². The van der Waals surface area contributed by atoms with Gasteiger partial charge in [0.25, 0.3) is 6.43 Å². The first-order valence-corrected chi connectivity index (χ1v) is 4.50. The van der Waals surface area contributed by atoms with Gasteiger partial charge in [0.2, 0.25) is 0 Å². The highest BCUT2D eigenvalue weighted by molar-refractivity contribution is 9.13. The van der Waals surface area contributed by atoms with Gasteiger partial charge >= 0.3 is 0 Å². The molecule has 0 saturated heterocycles. The van der Waals surface area contributed by atoms with Crippen molar-refractivity contribution in [2.45, 2.75) is 6.43 Å². The van der Waals surface area contributed by atoms with Crippen molar-refractivity contribution in [3.8, 4) is 0 Å². The topological polar surface area (TPSA) is 38.9 Å². The number of alkyl halides is 2. The van der Waals surface area contributed by atoms with Gasteiger partial charge in [0.1, 0.15) is 5.82 Å². The average Bonchev–Trinajstić information content (AvgIpc) is 1.97. The van der Waals surface area contributed by atoms with Gasteiger partial charge in [0.05, 0.1) is 10.0 Å². The lowest BCUT2D eigenvalue weighted by Gasteiger charge is -2.06. The molecule has 1 heterocycles. The molecule has 0 atom stereocenters. The second kappa shape index (κ2) is 3.66. The maximum absolute atomic E-state index is 12.3. The van der Waals surface area contributed by atoms with Gasteiger partial charge in [-0.2, -0.15) is 0 Å². The molecule has 0 aromatic carbocycles. The molecule has 0 amide bonds. The van der Waals surface area contributed by atoms with E-state index in [0.29, 0.717) is 4.47 Å². The second-order valence-corrected chi connectivity index (χ2v) is 3.67. The van der Waals surface area contributed by atoms with Crippen LogP contribution < -0.4 is 5.73 Å². The summed E-state index contributed by atoms with van der Waals surface area (Å²) < 4.78 is 25.3. The van der Waals surface area contributed by atoms with Crippen molar-refractivity contribution in [2.75, 3.05) is 5.73 Å². The highest BCUT2D eigenvalue weighted by Gasteiger charge is 2.18. The molecule has 2 N–H and O–H groups in total. The molecule has 12 heavy (non-hydrogen) atoms. The second-order valence-electron chi connectivity index (χ2n) is 2.02. The summed E-state index contributed by atoms with van der Waals surface area (Å²) in [5.74, 6) is -0.153. The van der Waals surface area contributed by atoms with Crippen LogP contribution in [-0.4, -0.2) is 4.98 Å². The van der Waals surface area contributed by atoms with Gasteiger partial charge in [-0.05, 0) is 31.9 Å². The van der Waals surface area contributed by atoms with Gasteiger partial charge in [-0.3, -0.25) is 0 Å². The van der Waals surface area contributed by atoms with Crippen LogP contribution in [0.15, 0.2) is 15.1 Å². The number of hydrogen-bond acceptors (Lipinski definition) is 2. The third-order valence-electron chi connectivity index (χ3n) is 1.26. The van der Waals surface area contributed by atoms with E-state index >= 15 is 0 Å². The maximum Gasteiger partial charge on any atom is 0.268 e. The normalized spacial score (nSPS) is 10.8. The Kier molecular flexibility index (Phi) is 3.00. The highest BCUT2D eigenvalue weighted by Crippen LogP contribution is 2.35. The van der Waals surface area contributed by atoms with Crippen molar-refractivity contribution < 1.29 is 8.78 Å². The molecular weight excluding hydrogens is 298 g/mol. The first-order valence-electron chi connectivity index (χ1n) is 2.91. The van der Waals surface area contributed by atoms with E-state index in [0.717, 1.165) is 0 Å². The molecule has 1 rings (SSSR count). The molecule has 0 unspecified atom stereocenters. The van der Waals surface area contributed by atoms with E-state index in [4.69, 9.17) is 5.73 Å². The summed E-state index contributed by atoms with van der Waals surface area (Å²) in [6.45, 7) is 0. The molecule has 6 heteroatoms. The molecule has 0 aliphatic heterocycles. The molecule has 0 aliphatic carbocycles. The third kappa shape index (κ3) is 1.74. The highest BCUT2D eigenvalue weighted by atomic mass is 79.9. The van der Waals surface area contributed by atoms with Crippen LogP contribution in [-0.2, 0) is 0 Å². The van der Waals surface area contributed by atoms with Crippen molar-refractivity contribution in [1.29, 1.82) is 0 Å². The van der Waals surface area contributed by atoms with Gasteiger partial charge in [-0.25, -0.2) is 13.8 Å². The minimum Gasteiger partial charge on any atom is -0.383 e. The third-order valence-corrected chi connectivity index (χ3v) is 3.24. The summed E-state index contributed by atoms with van der Waals surface area (Å²) in [6, 6.07) is 0. The largest absolute Gasteiger partial charge is 0.383 e. The van der Waals surface area contributed by atoms with Crippen LogP contribution >= 0.6 is 31.9 Å².